The van der Waals surface area contributed by atoms with Gasteiger partial charge < -0.3 is 0 Å². The molecule has 0 amide bonds. The van der Waals surface area contributed by atoms with Gasteiger partial charge in [-0.25, -0.2) is 8.42 Å². The van der Waals surface area contributed by atoms with E-state index in [2.05, 4.69) is 14.8 Å². The van der Waals surface area contributed by atoms with Gasteiger partial charge in [-0.3, -0.25) is 0 Å². The van der Waals surface area contributed by atoms with Crippen LogP contribution in [0, 0.1) is 6.92 Å². The Labute approximate surface area is 73.4 Å². The number of rotatable bonds is 1. The maximum atomic E-state index is 11.0. The van der Waals surface area contributed by atoms with Gasteiger partial charge in [0.25, 0.3) is 0 Å². The van der Waals surface area contributed by atoms with Gasteiger partial charge in [0, 0.05) is 0 Å². The van der Waals surface area contributed by atoms with Gasteiger partial charge in [-0.2, -0.15) is 0 Å². The van der Waals surface area contributed by atoms with Crippen LogP contribution in [0.1, 0.15) is 5.56 Å². The zero-order valence-electron chi connectivity index (χ0n) is 5.91. The van der Waals surface area contributed by atoms with Crippen LogP contribution in [0.15, 0.2) is 29.2 Å². The molecule has 0 aliphatic carbocycles. The largest absolute Gasteiger partial charge is 0.237 e. The first-order valence-corrected chi connectivity index (χ1v) is 6.35. The van der Waals surface area contributed by atoms with E-state index in [4.69, 9.17) is 0 Å². The lowest BCUT2D eigenvalue weighted by Crippen LogP contribution is -1.92. The van der Waals surface area contributed by atoms with Crippen LogP contribution in [0.5, 0.6) is 0 Å². The van der Waals surface area contributed by atoms with Gasteiger partial charge >= 0.3 is 0 Å². The van der Waals surface area contributed by atoms with Crippen LogP contribution in [0.25, 0.3) is 0 Å². The molecule has 0 N–H and O–H groups in total. The highest BCUT2D eigenvalue weighted by Crippen LogP contribution is 2.19. The lowest BCUT2D eigenvalue weighted by Gasteiger charge is -1.98. The molecule has 0 heterocycles. The lowest BCUT2D eigenvalue weighted by molar-refractivity contribution is 0.611. The maximum absolute atomic E-state index is 11.0. The first-order valence-electron chi connectivity index (χ1n) is 3.02. The third-order valence-electron chi connectivity index (χ3n) is 1.36. The second kappa shape index (κ2) is 2.95. The molecule has 0 aliphatic heterocycles. The van der Waals surface area contributed by atoms with Gasteiger partial charge in [-0.15, -0.1) is 0 Å². The Morgan fingerprint density at radius 3 is 2.18 bits per heavy atom. The highest BCUT2D eigenvalue weighted by atomic mass is 79.9. The van der Waals surface area contributed by atoms with Gasteiger partial charge in [0.15, 0.2) is 0 Å². The number of hydrogen-bond donors (Lipinski definition) is 0. The normalized spacial score (nSPS) is 11.5. The summed E-state index contributed by atoms with van der Waals surface area (Å²) in [5.74, 6) is 0. The number of halogens is 1. The molecule has 1 aromatic rings. The second-order valence-electron chi connectivity index (χ2n) is 2.20. The average molecular weight is 235 g/mol. The van der Waals surface area contributed by atoms with Crippen molar-refractivity contribution in [2.45, 2.75) is 11.8 Å². The standard InChI is InChI=1S/C7H7BrO2S/c1-6-4-2-3-5-7(6)11(8,9)10/h2-5H,1H3. The number of benzene rings is 1. The van der Waals surface area contributed by atoms with Crippen molar-refractivity contribution in [1.82, 2.24) is 0 Å². The van der Waals surface area contributed by atoms with Gasteiger partial charge in [0.1, 0.15) is 0 Å². The van der Waals surface area contributed by atoms with Gasteiger partial charge in [0.05, 0.1) is 19.7 Å². The molecule has 1 rings (SSSR count). The van der Waals surface area contributed by atoms with E-state index in [1.165, 1.54) is 0 Å². The van der Waals surface area contributed by atoms with E-state index < -0.39 is 8.27 Å². The minimum atomic E-state index is -3.22. The van der Waals surface area contributed by atoms with Crippen LogP contribution in [-0.4, -0.2) is 8.42 Å². The number of hydrogen-bond acceptors (Lipinski definition) is 2. The summed E-state index contributed by atoms with van der Waals surface area (Å²) in [7, 11) is -3.22. The predicted octanol–water partition coefficient (Wildman–Crippen LogP) is 2.08. The molecule has 0 saturated heterocycles. The minimum absolute atomic E-state index is 0.333. The Bertz CT molecular complexity index is 356. The van der Waals surface area contributed by atoms with Gasteiger partial charge in [-0.05, 0) is 18.6 Å². The molecule has 2 nitrogen and oxygen atoms in total. The molecule has 0 bridgehead atoms. The molecule has 0 radical (unpaired) electrons. The van der Waals surface area contributed by atoms with Gasteiger partial charge in [-0.1, -0.05) is 18.2 Å². The molecule has 0 spiro atoms. The van der Waals surface area contributed by atoms with E-state index >= 15 is 0 Å². The Kier molecular flexibility index (Phi) is 2.34. The van der Waals surface area contributed by atoms with Crippen LogP contribution in [-0.2, 0) is 8.27 Å². The Hall–Kier alpha value is -0.350. The van der Waals surface area contributed by atoms with Crippen molar-refractivity contribution in [2.24, 2.45) is 0 Å². The summed E-state index contributed by atoms with van der Waals surface area (Å²) in [6.07, 6.45) is 0. The summed E-state index contributed by atoms with van der Waals surface area (Å²) in [6, 6.07) is 6.83. The molecule has 11 heavy (non-hydrogen) atoms. The molecule has 0 atom stereocenters. The quantitative estimate of drug-likeness (QED) is 0.698. The predicted molar refractivity (Wildman–Crippen MR) is 47.3 cm³/mol. The summed E-state index contributed by atoms with van der Waals surface area (Å²) in [5.41, 5.74) is 0.754. The molecular weight excluding hydrogens is 228 g/mol. The van der Waals surface area contributed by atoms with Crippen LogP contribution in [0.4, 0.5) is 0 Å². The Morgan fingerprint density at radius 1 is 1.27 bits per heavy atom. The average Bonchev–Trinajstić information content (AvgIpc) is 1.86. The molecule has 1 aromatic carbocycles. The summed E-state index contributed by atoms with van der Waals surface area (Å²) in [4.78, 5) is 0.333. The second-order valence-corrected chi connectivity index (χ2v) is 6.08. The fraction of sp³-hybridized carbons (Fsp3) is 0.143. The monoisotopic (exact) mass is 234 g/mol. The van der Waals surface area contributed by atoms with E-state index in [0.717, 1.165) is 5.56 Å². The molecule has 4 heteroatoms. The third-order valence-corrected chi connectivity index (χ3v) is 3.39. The molecule has 60 valence electrons. The van der Waals surface area contributed by atoms with Crippen LogP contribution in [0.3, 0.4) is 0 Å². The molecule has 0 saturated carbocycles. The Morgan fingerprint density at radius 2 is 1.82 bits per heavy atom. The highest BCUT2D eigenvalue weighted by molar-refractivity contribution is 9.47. The maximum Gasteiger partial charge on any atom is 0.237 e. The first-order chi connectivity index (χ1) is 5.02. The van der Waals surface area contributed by atoms with Gasteiger partial charge in [0.2, 0.25) is 8.27 Å². The number of aryl methyl sites for hydroxylation is 1. The molecule has 0 fully saturated rings. The van der Waals surface area contributed by atoms with Crippen molar-refractivity contribution >= 4 is 23.1 Å². The van der Waals surface area contributed by atoms with E-state index in [-0.39, 0.29) is 0 Å². The molecule has 0 aliphatic rings. The topological polar surface area (TPSA) is 34.1 Å². The fourth-order valence-corrected chi connectivity index (χ4v) is 2.61. The van der Waals surface area contributed by atoms with Crippen molar-refractivity contribution in [1.29, 1.82) is 0 Å². The van der Waals surface area contributed by atoms with Crippen LogP contribution in [0.2, 0.25) is 0 Å². The summed E-state index contributed by atoms with van der Waals surface area (Å²) >= 11 is 2.61. The highest BCUT2D eigenvalue weighted by Gasteiger charge is 2.10. The zero-order chi connectivity index (χ0) is 8.48. The van der Waals surface area contributed by atoms with Crippen molar-refractivity contribution in [3.05, 3.63) is 29.8 Å². The summed E-state index contributed by atoms with van der Waals surface area (Å²) in [5, 5.41) is 0. The van der Waals surface area contributed by atoms with Crippen LogP contribution >= 0.6 is 14.8 Å². The van der Waals surface area contributed by atoms with Crippen molar-refractivity contribution < 1.29 is 8.42 Å². The lowest BCUT2D eigenvalue weighted by atomic mass is 10.2. The smallest absolute Gasteiger partial charge is 0.212 e. The summed E-state index contributed by atoms with van der Waals surface area (Å²) < 4.78 is 21.9. The van der Waals surface area contributed by atoms with E-state index in [1.54, 1.807) is 31.2 Å². The summed E-state index contributed by atoms with van der Waals surface area (Å²) in [6.45, 7) is 1.76. The zero-order valence-corrected chi connectivity index (χ0v) is 8.31. The molecule has 0 aromatic heterocycles. The Balaban J connectivity index is 3.37. The van der Waals surface area contributed by atoms with Crippen molar-refractivity contribution in [2.75, 3.05) is 0 Å². The van der Waals surface area contributed by atoms with E-state index in [1.807, 2.05) is 0 Å². The fourth-order valence-electron chi connectivity index (χ4n) is 0.830. The SMILES string of the molecule is Cc1ccccc1S(=O)(=O)Br. The first kappa shape index (κ1) is 8.74. The minimum Gasteiger partial charge on any atom is -0.212 e. The van der Waals surface area contributed by atoms with E-state index in [9.17, 15) is 8.42 Å². The third kappa shape index (κ3) is 2.04. The van der Waals surface area contributed by atoms with Crippen molar-refractivity contribution in [3.8, 4) is 0 Å². The van der Waals surface area contributed by atoms with E-state index in [0.29, 0.717) is 4.90 Å². The van der Waals surface area contributed by atoms with Crippen LogP contribution < -0.4 is 0 Å². The molecular formula is C7H7BrO2S. The van der Waals surface area contributed by atoms with Crippen molar-refractivity contribution in [3.63, 3.8) is 0 Å². The molecule has 0 unspecified atom stereocenters.